The van der Waals surface area contributed by atoms with Crippen LogP contribution in [0.2, 0.25) is 0 Å². The van der Waals surface area contributed by atoms with Gasteiger partial charge in [0.05, 0.1) is 0 Å². The molecule has 3 rings (SSSR count). The Bertz CT molecular complexity index is 873. The molecule has 2 aromatic rings. The molecule has 2 atom stereocenters. The van der Waals surface area contributed by atoms with Crippen molar-refractivity contribution in [2.45, 2.75) is 26.1 Å². The molecular weight excluding hydrogens is 340 g/mol. The van der Waals surface area contributed by atoms with Crippen LogP contribution in [0.15, 0.2) is 30.3 Å². The van der Waals surface area contributed by atoms with Crippen LogP contribution in [0.25, 0.3) is 0 Å². The number of carbonyl (C=O) groups is 3. The molecule has 1 N–H and O–H groups in total. The number of hydrogen-bond donors (Lipinski definition) is 1. The number of ketones is 1. The topological polar surface area (TPSA) is 99.1 Å². The van der Waals surface area contributed by atoms with Crippen molar-refractivity contribution in [3.05, 3.63) is 53.6 Å². The smallest absolute Gasteiger partial charge is 0.308 e. The van der Waals surface area contributed by atoms with Crippen LogP contribution < -0.4 is 9.47 Å². The Morgan fingerprint density at radius 3 is 2.58 bits per heavy atom. The number of benzene rings is 2. The minimum Gasteiger partial charge on any atom is -0.508 e. The Balaban J connectivity index is 2.13. The molecule has 0 bridgehead atoms. The highest BCUT2D eigenvalue weighted by atomic mass is 16.6. The summed E-state index contributed by atoms with van der Waals surface area (Å²) in [7, 11) is 0. The lowest BCUT2D eigenvalue weighted by molar-refractivity contribution is -0.149. The van der Waals surface area contributed by atoms with Gasteiger partial charge in [0.2, 0.25) is 11.9 Å². The maximum Gasteiger partial charge on any atom is 0.308 e. The van der Waals surface area contributed by atoms with Gasteiger partial charge < -0.3 is 19.3 Å². The first-order chi connectivity index (χ1) is 12.4. The highest BCUT2D eigenvalue weighted by Crippen LogP contribution is 2.43. The average Bonchev–Trinajstić information content (AvgIpc) is 2.56. The molecule has 132 valence electrons. The van der Waals surface area contributed by atoms with Gasteiger partial charge >= 0.3 is 11.9 Å². The molecule has 26 heavy (non-hydrogen) atoms. The maximum absolute atomic E-state index is 13.0. The van der Waals surface area contributed by atoms with Crippen molar-refractivity contribution in [2.24, 2.45) is 0 Å². The summed E-state index contributed by atoms with van der Waals surface area (Å²) >= 11 is 0. The summed E-state index contributed by atoms with van der Waals surface area (Å²) in [5.41, 5.74) is 0.457. The first-order valence-electron chi connectivity index (χ1n) is 7.68. The summed E-state index contributed by atoms with van der Waals surface area (Å²) in [6.45, 7) is 2.34. The molecule has 7 nitrogen and oxygen atoms in total. The van der Waals surface area contributed by atoms with Crippen LogP contribution in [0.3, 0.4) is 0 Å². The van der Waals surface area contributed by atoms with Gasteiger partial charge in [-0.25, -0.2) is 0 Å². The first kappa shape index (κ1) is 17.5. The molecule has 0 fully saturated rings. The van der Waals surface area contributed by atoms with E-state index >= 15 is 0 Å². The largest absolute Gasteiger partial charge is 0.508 e. The summed E-state index contributed by atoms with van der Waals surface area (Å²) < 4.78 is 16.0. The molecule has 0 spiro atoms. The lowest BCUT2D eigenvalue weighted by Crippen LogP contribution is -2.39. The van der Waals surface area contributed by atoms with Gasteiger partial charge in [-0.3, -0.25) is 14.4 Å². The number of esters is 2. The number of aromatic hydroxyl groups is 1. The van der Waals surface area contributed by atoms with Crippen LogP contribution in [0, 0.1) is 12.1 Å². The van der Waals surface area contributed by atoms with Gasteiger partial charge in [-0.05, 0) is 23.8 Å². The predicted molar refractivity (Wildman–Crippen MR) is 86.8 cm³/mol. The molecule has 0 aromatic heterocycles. The van der Waals surface area contributed by atoms with E-state index < -0.39 is 29.9 Å². The van der Waals surface area contributed by atoms with E-state index in [9.17, 15) is 19.5 Å². The minimum atomic E-state index is -1.28. The third-order valence-corrected chi connectivity index (χ3v) is 3.64. The van der Waals surface area contributed by atoms with Crippen LogP contribution in [-0.4, -0.2) is 28.9 Å². The Labute approximate surface area is 149 Å². The number of Topliss-reactive ketones (excluding diaryl/α,β-unsaturated/α-hetero) is 1. The van der Waals surface area contributed by atoms with Crippen LogP contribution in [0.1, 0.15) is 35.9 Å². The average molecular weight is 354 g/mol. The number of phenolic OH excluding ortho intramolecular Hbond substituents is 1. The Morgan fingerprint density at radius 2 is 1.96 bits per heavy atom. The van der Waals surface area contributed by atoms with Crippen LogP contribution >= 0.6 is 0 Å². The van der Waals surface area contributed by atoms with Crippen molar-refractivity contribution in [3.63, 3.8) is 0 Å². The van der Waals surface area contributed by atoms with E-state index in [4.69, 9.17) is 14.2 Å². The number of fused-ring (bicyclic) bond motifs is 1. The van der Waals surface area contributed by atoms with E-state index in [0.717, 1.165) is 13.0 Å². The number of rotatable bonds is 3. The summed E-state index contributed by atoms with van der Waals surface area (Å²) in [6, 6.07) is 12.6. The normalized spacial score (nSPS) is 18.5. The van der Waals surface area contributed by atoms with E-state index in [1.165, 1.54) is 13.0 Å². The molecule has 1 heterocycles. The van der Waals surface area contributed by atoms with Gasteiger partial charge in [0, 0.05) is 26.0 Å². The molecule has 1 aliphatic rings. The zero-order valence-electron chi connectivity index (χ0n) is 13.9. The fourth-order valence-corrected chi connectivity index (χ4v) is 2.70. The third-order valence-electron chi connectivity index (χ3n) is 3.64. The van der Waals surface area contributed by atoms with E-state index in [1.807, 2.05) is 0 Å². The van der Waals surface area contributed by atoms with Crippen molar-refractivity contribution in [3.8, 4) is 17.2 Å². The first-order valence-corrected chi connectivity index (χ1v) is 7.68. The summed E-state index contributed by atoms with van der Waals surface area (Å²) in [4.78, 5) is 35.8. The molecule has 0 aliphatic carbocycles. The fourth-order valence-electron chi connectivity index (χ4n) is 2.70. The third kappa shape index (κ3) is 3.37. The Kier molecular flexibility index (Phi) is 4.62. The van der Waals surface area contributed by atoms with Crippen LogP contribution in [0.4, 0.5) is 0 Å². The standard InChI is InChI=1S/C19H14O7/c1-10(20)24-14-8-13(22)9-15-16(14)17(23)19(25-11(2)21)18(26-15)12-6-4-3-5-7-12/h4,6-9,18-19,22H,1-2H3. The SMILES string of the molecule is CC(=O)Oc1cc(O)cc2c1C(=O)C(OC(C)=O)C(c1c[c][c]cc1)O2. The number of ether oxygens (including phenoxy) is 3. The van der Waals surface area contributed by atoms with E-state index in [2.05, 4.69) is 12.1 Å². The molecule has 0 amide bonds. The van der Waals surface area contributed by atoms with E-state index in [1.54, 1.807) is 18.2 Å². The summed E-state index contributed by atoms with van der Waals surface area (Å²) in [6.07, 6.45) is -2.23. The number of phenols is 1. The lowest BCUT2D eigenvalue weighted by Gasteiger charge is -2.32. The summed E-state index contributed by atoms with van der Waals surface area (Å²) in [5, 5.41) is 9.86. The van der Waals surface area contributed by atoms with E-state index in [-0.39, 0.29) is 22.8 Å². The molecule has 0 saturated heterocycles. The quantitative estimate of drug-likeness (QED) is 0.666. The molecule has 2 radical (unpaired) electrons. The zero-order valence-corrected chi connectivity index (χ0v) is 13.9. The van der Waals surface area contributed by atoms with Gasteiger partial charge in [-0.15, -0.1) is 0 Å². The highest BCUT2D eigenvalue weighted by molar-refractivity contribution is 6.07. The second kappa shape index (κ2) is 6.87. The predicted octanol–water partition coefficient (Wildman–Crippen LogP) is 2.17. The van der Waals surface area contributed by atoms with Gasteiger partial charge in [0.15, 0.2) is 6.10 Å². The van der Waals surface area contributed by atoms with Gasteiger partial charge in [-0.1, -0.05) is 12.1 Å². The second-order valence-electron chi connectivity index (χ2n) is 5.61. The van der Waals surface area contributed by atoms with Crippen molar-refractivity contribution < 1.29 is 33.7 Å². The molecule has 0 saturated carbocycles. The number of carbonyl (C=O) groups excluding carboxylic acids is 3. The molecule has 2 unspecified atom stereocenters. The minimum absolute atomic E-state index is 0.0208. The Morgan fingerprint density at radius 1 is 1.19 bits per heavy atom. The van der Waals surface area contributed by atoms with Crippen LogP contribution in [0.5, 0.6) is 17.2 Å². The molecule has 1 aliphatic heterocycles. The zero-order chi connectivity index (χ0) is 18.8. The molecular formula is C19H14O7. The van der Waals surface area contributed by atoms with Crippen molar-refractivity contribution in [1.82, 2.24) is 0 Å². The molecule has 2 aromatic carbocycles. The summed E-state index contributed by atoms with van der Waals surface area (Å²) in [5.74, 6) is -2.33. The highest BCUT2D eigenvalue weighted by Gasteiger charge is 2.43. The Hall–Kier alpha value is -3.35. The maximum atomic E-state index is 13.0. The van der Waals surface area contributed by atoms with Crippen molar-refractivity contribution in [1.29, 1.82) is 0 Å². The second-order valence-corrected chi connectivity index (χ2v) is 5.61. The lowest BCUT2D eigenvalue weighted by atomic mass is 9.92. The van der Waals surface area contributed by atoms with Gasteiger partial charge in [-0.2, -0.15) is 0 Å². The number of hydrogen-bond acceptors (Lipinski definition) is 7. The van der Waals surface area contributed by atoms with E-state index in [0.29, 0.717) is 5.56 Å². The fraction of sp³-hybridized carbons (Fsp3) is 0.211. The van der Waals surface area contributed by atoms with Crippen molar-refractivity contribution >= 4 is 17.7 Å². The monoisotopic (exact) mass is 354 g/mol. The molecule has 7 heteroatoms. The van der Waals surface area contributed by atoms with Gasteiger partial charge in [0.1, 0.15) is 22.8 Å². The van der Waals surface area contributed by atoms with Crippen LogP contribution in [-0.2, 0) is 14.3 Å². The van der Waals surface area contributed by atoms with Gasteiger partial charge in [0.25, 0.3) is 0 Å². The van der Waals surface area contributed by atoms with Crippen molar-refractivity contribution in [2.75, 3.05) is 0 Å².